The molecular weight excluding hydrogens is 857 g/mol. The zero-order chi connectivity index (χ0) is 44.8. The van der Waals surface area contributed by atoms with E-state index in [9.17, 15) is 28.3 Å². The molecule has 0 bridgehead atoms. The molecule has 0 amide bonds. The van der Waals surface area contributed by atoms with E-state index in [1.807, 2.05) is 48.5 Å². The Morgan fingerprint density at radius 2 is 1.14 bits per heavy atom. The van der Waals surface area contributed by atoms with Crippen LogP contribution in [0.2, 0.25) is 0 Å². The summed E-state index contributed by atoms with van der Waals surface area (Å²) in [5, 5.41) is 57.8. The number of nitrogens with one attached hydrogen (secondary N) is 5. The summed E-state index contributed by atoms with van der Waals surface area (Å²) in [5.74, 6) is 0.776. The number of para-hydroxylation sites is 2. The van der Waals surface area contributed by atoms with Crippen LogP contribution >= 0.6 is 12.0 Å². The summed E-state index contributed by atoms with van der Waals surface area (Å²) in [7, 11) is -4.81. The van der Waals surface area contributed by atoms with Crippen molar-refractivity contribution in [3.05, 3.63) is 108 Å². The molecule has 2 aromatic heterocycles. The third-order valence-electron chi connectivity index (χ3n) is 8.38. The van der Waals surface area contributed by atoms with Gasteiger partial charge >= 0.3 is 0 Å². The summed E-state index contributed by atoms with van der Waals surface area (Å²) < 4.78 is 40.7. The van der Waals surface area contributed by atoms with Gasteiger partial charge in [-0.1, -0.05) is 65.7 Å². The maximum Gasteiger partial charge on any atom is 0.295 e. The highest BCUT2D eigenvalue weighted by molar-refractivity contribution is 7.94. The van der Waals surface area contributed by atoms with Crippen LogP contribution in [0.25, 0.3) is 12.2 Å². The Hall–Kier alpha value is -6.54. The van der Waals surface area contributed by atoms with Crippen molar-refractivity contribution in [3.8, 4) is 0 Å². The van der Waals surface area contributed by atoms with Gasteiger partial charge in [-0.3, -0.25) is 4.55 Å². The van der Waals surface area contributed by atoms with E-state index in [0.29, 0.717) is 33.9 Å². The normalized spacial score (nSPS) is 12.4. The Morgan fingerprint density at radius 3 is 1.65 bits per heavy atom. The minimum absolute atomic E-state index is 0.0100. The van der Waals surface area contributed by atoms with Gasteiger partial charge in [-0.15, -0.1) is 4.33 Å². The number of anilines is 10. The van der Waals surface area contributed by atoms with E-state index < -0.39 is 27.2 Å². The van der Waals surface area contributed by atoms with Crippen LogP contribution in [0.15, 0.2) is 107 Å². The maximum atomic E-state index is 12.8. The molecule has 21 nitrogen and oxygen atoms in total. The van der Waals surface area contributed by atoms with Crippen molar-refractivity contribution in [2.75, 3.05) is 57.7 Å². The van der Waals surface area contributed by atoms with Crippen molar-refractivity contribution >= 4 is 92.8 Å². The number of hydrogen-bond donors (Lipinski definition) is 10. The molecule has 63 heavy (non-hydrogen) atoms. The fourth-order valence-corrected chi connectivity index (χ4v) is 7.04. The van der Waals surface area contributed by atoms with E-state index >= 15 is 0 Å². The number of benzene rings is 4. The van der Waals surface area contributed by atoms with Crippen LogP contribution in [-0.4, -0.2) is 102 Å². The molecule has 23 heteroatoms. The van der Waals surface area contributed by atoms with Crippen LogP contribution in [0.4, 0.5) is 58.4 Å². The quantitative estimate of drug-likeness (QED) is 0.0126. The Kier molecular flexibility index (Phi) is 16.1. The number of aliphatic hydroxyl groups is 3. The second-order valence-electron chi connectivity index (χ2n) is 13.6. The molecule has 0 saturated carbocycles. The van der Waals surface area contributed by atoms with Crippen LogP contribution in [0, 0.1) is 0 Å². The first-order chi connectivity index (χ1) is 30.3. The van der Waals surface area contributed by atoms with Crippen molar-refractivity contribution in [1.82, 2.24) is 29.9 Å². The van der Waals surface area contributed by atoms with Gasteiger partial charge < -0.3 is 46.8 Å². The van der Waals surface area contributed by atoms with Crippen LogP contribution in [0.5, 0.6) is 0 Å². The average molecular weight is 901 g/mol. The fourth-order valence-electron chi connectivity index (χ4n) is 5.81. The molecule has 2 heterocycles. The molecule has 0 aliphatic carbocycles. The third-order valence-corrected chi connectivity index (χ3v) is 9.95. The Balaban J connectivity index is 1.28. The Bertz CT molecular complexity index is 2570. The van der Waals surface area contributed by atoms with Crippen molar-refractivity contribution in [2.45, 2.75) is 35.8 Å². The number of nitrogens with zero attached hydrogens (tertiary/aromatic N) is 7. The zero-order valence-electron chi connectivity index (χ0n) is 33.7. The molecule has 2 atom stereocenters. The first kappa shape index (κ1) is 46.0. The largest absolute Gasteiger partial charge is 0.395 e. The van der Waals surface area contributed by atoms with Crippen molar-refractivity contribution in [3.63, 3.8) is 0 Å². The Labute approximate surface area is 366 Å². The maximum absolute atomic E-state index is 12.8. The second-order valence-corrected chi connectivity index (χ2v) is 15.7. The predicted molar refractivity (Wildman–Crippen MR) is 239 cm³/mol. The molecule has 0 aliphatic rings. The lowest BCUT2D eigenvalue weighted by molar-refractivity contribution is -0.432. The van der Waals surface area contributed by atoms with Gasteiger partial charge in [0.05, 0.1) is 30.9 Å². The van der Waals surface area contributed by atoms with E-state index in [-0.39, 0.29) is 73.2 Å². The van der Waals surface area contributed by atoms with Gasteiger partial charge in [0.25, 0.3) is 10.1 Å². The van der Waals surface area contributed by atoms with Crippen LogP contribution in [0.3, 0.4) is 0 Å². The number of hydrogen-bond acceptors (Lipinski definition) is 21. The molecule has 6 aromatic rings. The van der Waals surface area contributed by atoms with Gasteiger partial charge in [0.2, 0.25) is 35.7 Å². The van der Waals surface area contributed by atoms with Crippen LogP contribution < -0.4 is 31.5 Å². The lowest BCUT2D eigenvalue weighted by atomic mass is 10.1. The van der Waals surface area contributed by atoms with Crippen molar-refractivity contribution in [1.29, 1.82) is 0 Å². The van der Waals surface area contributed by atoms with Crippen molar-refractivity contribution < 1.29 is 42.9 Å². The highest BCUT2D eigenvalue weighted by Crippen LogP contribution is 2.32. The molecule has 0 fully saturated rings. The summed E-state index contributed by atoms with van der Waals surface area (Å²) in [6.07, 6.45) is 1.42. The average Bonchev–Trinajstić information content (AvgIpc) is 3.24. The van der Waals surface area contributed by atoms with Crippen LogP contribution in [0.1, 0.15) is 25.0 Å². The van der Waals surface area contributed by atoms with E-state index in [1.165, 1.54) is 18.2 Å². The summed E-state index contributed by atoms with van der Waals surface area (Å²) in [5.41, 5.74) is 2.65. The fraction of sp³-hybridized carbons (Fsp3) is 0.200. The smallest absolute Gasteiger partial charge is 0.295 e. The lowest BCUT2D eigenvalue weighted by Crippen LogP contribution is -2.37. The number of aliphatic hydroxyl groups excluding tert-OH is 3. The van der Waals surface area contributed by atoms with E-state index in [1.54, 1.807) is 61.2 Å². The predicted octanol–water partition coefficient (Wildman–Crippen LogP) is 5.85. The molecular formula is C40H44N12O9S2. The van der Waals surface area contributed by atoms with Gasteiger partial charge in [-0.05, 0) is 73.5 Å². The monoisotopic (exact) mass is 900 g/mol. The van der Waals surface area contributed by atoms with Crippen LogP contribution in [-0.2, 0) is 19.5 Å². The lowest BCUT2D eigenvalue weighted by Gasteiger charge is -2.26. The van der Waals surface area contributed by atoms with E-state index in [2.05, 4.69) is 61.5 Å². The molecule has 4 aromatic carbocycles. The minimum Gasteiger partial charge on any atom is -0.395 e. The van der Waals surface area contributed by atoms with E-state index in [0.717, 1.165) is 5.69 Å². The Morgan fingerprint density at radius 1 is 0.667 bits per heavy atom. The molecule has 330 valence electrons. The molecule has 6 rings (SSSR count). The van der Waals surface area contributed by atoms with Gasteiger partial charge in [0.1, 0.15) is 4.90 Å². The summed E-state index contributed by atoms with van der Waals surface area (Å²) in [4.78, 5) is 28.2. The van der Waals surface area contributed by atoms with Gasteiger partial charge in [0.15, 0.2) is 0 Å². The molecule has 0 spiro atoms. The second kappa shape index (κ2) is 22.0. The topological polar surface area (TPSA) is 294 Å². The number of rotatable bonds is 22. The molecule has 0 saturated heterocycles. The standard InChI is InChI=1S/C40H44N12O9S2/c1-25(54)23-52(24-26(2)55)40-50-38(43-30-11-7-4-8-12-30)49-39(51-40)45-32-18-16-28(34(22-32)63(57,58)59)14-13-27-15-17-31(21-33(27)62-61-60-56)44-37-47-35(41-19-20-53)46-36(48-37)42-29-9-5-3-6-10-29/h3-18,21-22,25-26,53-56H,19-20,23-24H2,1-2H3,(H,57,58,59)(H2,43,45,49,50,51)(H3,41,42,44,46,47,48)/b14-13+. The van der Waals surface area contributed by atoms with Gasteiger partial charge in [0, 0.05) is 47.3 Å². The van der Waals surface area contributed by atoms with E-state index in [4.69, 9.17) is 9.59 Å². The first-order valence-corrected chi connectivity index (χ1v) is 21.3. The number of aromatic nitrogens is 6. The molecule has 2 unspecified atom stereocenters. The van der Waals surface area contributed by atoms with Gasteiger partial charge in [-0.25, -0.2) is 5.26 Å². The summed E-state index contributed by atoms with van der Waals surface area (Å²) in [6, 6.07) is 27.5. The summed E-state index contributed by atoms with van der Waals surface area (Å²) in [6.45, 7) is 3.38. The third kappa shape index (κ3) is 14.0. The minimum atomic E-state index is -4.81. The summed E-state index contributed by atoms with van der Waals surface area (Å²) >= 11 is 0.648. The highest BCUT2D eigenvalue weighted by Gasteiger charge is 2.20. The van der Waals surface area contributed by atoms with Gasteiger partial charge in [-0.2, -0.15) is 38.3 Å². The highest BCUT2D eigenvalue weighted by atomic mass is 32.2. The molecule has 10 N–H and O–H groups in total. The van der Waals surface area contributed by atoms with Crippen molar-refractivity contribution in [2.24, 2.45) is 0 Å². The molecule has 0 radical (unpaired) electrons. The molecule has 0 aliphatic heterocycles. The first-order valence-electron chi connectivity index (χ1n) is 19.1. The SMILES string of the molecule is CC(O)CN(CC(C)O)c1nc(Nc2ccccc2)nc(Nc2ccc(/C=C/c3ccc(Nc4nc(NCCO)nc(Nc5ccccc5)n4)cc3SOOO)c(S(=O)(=O)O)c2)n1. The zero-order valence-corrected chi connectivity index (χ0v) is 35.3.